The lowest BCUT2D eigenvalue weighted by molar-refractivity contribution is 0.210. The fraction of sp³-hybridized carbons (Fsp3) is 0.316. The van der Waals surface area contributed by atoms with Crippen molar-refractivity contribution in [2.45, 2.75) is 12.8 Å². The summed E-state index contributed by atoms with van der Waals surface area (Å²) in [6.07, 6.45) is 6.33. The number of hydrogen-bond acceptors (Lipinski definition) is 7. The molecule has 1 aromatic rings. The van der Waals surface area contributed by atoms with Gasteiger partial charge in [-0.1, -0.05) is 24.4 Å². The summed E-state index contributed by atoms with van der Waals surface area (Å²) >= 11 is 8.15. The Balaban J connectivity index is 2.16. The van der Waals surface area contributed by atoms with Crippen molar-refractivity contribution in [3.63, 3.8) is 0 Å². The van der Waals surface area contributed by atoms with Crippen molar-refractivity contribution in [1.82, 2.24) is 0 Å². The van der Waals surface area contributed by atoms with Gasteiger partial charge in [0.2, 0.25) is 0 Å². The average Bonchev–Trinajstić information content (AvgIpc) is 3.06. The molecule has 1 aromatic heterocycles. The highest BCUT2D eigenvalue weighted by atomic mass is 32.2. The van der Waals surface area contributed by atoms with Crippen LogP contribution in [-0.2, 0) is 0 Å². The first-order chi connectivity index (χ1) is 12.6. The van der Waals surface area contributed by atoms with Gasteiger partial charge in [0.05, 0.1) is 9.75 Å². The summed E-state index contributed by atoms with van der Waals surface area (Å²) in [6, 6.07) is 8.25. The first-order valence-corrected chi connectivity index (χ1v) is 10.1. The maximum absolute atomic E-state index is 9.56. The van der Waals surface area contributed by atoms with Crippen LogP contribution in [0.15, 0.2) is 23.3 Å². The van der Waals surface area contributed by atoms with Gasteiger partial charge in [-0.2, -0.15) is 21.0 Å². The SMILES string of the molecule is N#CC(C#N)=C1c2sc(=S)sc2C(=C(C#N)C#N)C2C1[C@@H]1C=C[C@H]2CC1. The Kier molecular flexibility index (Phi) is 4.10. The van der Waals surface area contributed by atoms with Crippen molar-refractivity contribution >= 4 is 46.0 Å². The first kappa shape index (κ1) is 16.9. The van der Waals surface area contributed by atoms with E-state index in [2.05, 4.69) is 36.4 Å². The second-order valence-electron chi connectivity index (χ2n) is 6.48. The summed E-state index contributed by atoms with van der Waals surface area (Å²) in [5, 5.41) is 38.2. The minimum absolute atomic E-state index is 0.0486. The van der Waals surface area contributed by atoms with E-state index in [1.807, 2.05) is 0 Å². The van der Waals surface area contributed by atoms with Gasteiger partial charge in [0, 0.05) is 23.0 Å². The summed E-state index contributed by atoms with van der Waals surface area (Å²) in [5.41, 5.74) is 1.79. The molecule has 4 aliphatic carbocycles. The number of fused-ring (bicyclic) bond motifs is 2. The summed E-state index contributed by atoms with van der Waals surface area (Å²) in [7, 11) is 0. The van der Waals surface area contributed by atoms with E-state index in [4.69, 9.17) is 12.2 Å². The zero-order valence-electron chi connectivity index (χ0n) is 13.4. The molecular weight excluding hydrogens is 380 g/mol. The van der Waals surface area contributed by atoms with Crippen LogP contribution in [0, 0.1) is 72.1 Å². The molecule has 0 saturated heterocycles. The highest BCUT2D eigenvalue weighted by Gasteiger charge is 2.50. The molecule has 26 heavy (non-hydrogen) atoms. The smallest absolute Gasteiger partial charge is 0.144 e. The third-order valence-electron chi connectivity index (χ3n) is 5.47. The Morgan fingerprint density at radius 1 is 0.808 bits per heavy atom. The van der Waals surface area contributed by atoms with Gasteiger partial charge >= 0.3 is 0 Å². The summed E-state index contributed by atoms with van der Waals surface area (Å²) in [4.78, 5) is 1.61. The fourth-order valence-corrected chi connectivity index (χ4v) is 7.42. The molecule has 0 spiro atoms. The minimum atomic E-state index is -0.0486. The van der Waals surface area contributed by atoms with Crippen LogP contribution in [0.2, 0.25) is 0 Å². The van der Waals surface area contributed by atoms with Gasteiger partial charge < -0.3 is 0 Å². The number of rotatable bonds is 0. The van der Waals surface area contributed by atoms with E-state index in [9.17, 15) is 21.0 Å². The van der Waals surface area contributed by atoms with Crippen LogP contribution in [0.3, 0.4) is 0 Å². The van der Waals surface area contributed by atoms with Crippen molar-refractivity contribution in [2.24, 2.45) is 23.7 Å². The fourth-order valence-electron chi connectivity index (χ4n) is 4.57. The monoisotopic (exact) mass is 390 g/mol. The van der Waals surface area contributed by atoms with Crippen molar-refractivity contribution in [3.05, 3.63) is 36.2 Å². The van der Waals surface area contributed by atoms with E-state index >= 15 is 0 Å². The highest BCUT2D eigenvalue weighted by Crippen LogP contribution is 2.61. The molecule has 0 aliphatic heterocycles. The van der Waals surface area contributed by atoms with Crippen molar-refractivity contribution in [2.75, 3.05) is 0 Å². The minimum Gasteiger partial charge on any atom is -0.192 e. The van der Waals surface area contributed by atoms with Crippen LogP contribution in [0.4, 0.5) is 0 Å². The van der Waals surface area contributed by atoms with Crippen LogP contribution in [-0.4, -0.2) is 0 Å². The van der Waals surface area contributed by atoms with Crippen molar-refractivity contribution in [1.29, 1.82) is 21.0 Å². The summed E-state index contributed by atoms with van der Waals surface area (Å²) < 4.78 is 0.675. The molecule has 4 aliphatic rings. The van der Waals surface area contributed by atoms with Gasteiger partial charge in [-0.15, -0.1) is 22.7 Å². The molecule has 0 aromatic carbocycles. The quantitative estimate of drug-likeness (QED) is 0.353. The van der Waals surface area contributed by atoms with Crippen LogP contribution >= 0.6 is 34.9 Å². The third kappa shape index (κ3) is 2.23. The standard InChI is InChI=1S/C19H10N4S3/c20-5-11(6-21)15-13-9-1-2-10(4-3-9)14(13)16(12(7-22)8-23)18-17(15)25-19(24)26-18/h1-2,9-10,13-14H,3-4H2/t9-,10+,13?,14?. The molecular formula is C19H10N4S3. The molecule has 124 valence electrons. The normalized spacial score (nSPS) is 27.4. The Labute approximate surface area is 163 Å². The van der Waals surface area contributed by atoms with Gasteiger partial charge in [-0.3, -0.25) is 0 Å². The van der Waals surface area contributed by atoms with Gasteiger partial charge in [-0.05, 0) is 24.7 Å². The van der Waals surface area contributed by atoms with E-state index in [0.29, 0.717) is 3.14 Å². The summed E-state index contributed by atoms with van der Waals surface area (Å²) in [5.74, 6) is 0.318. The van der Waals surface area contributed by atoms with Gasteiger partial charge in [0.15, 0.2) is 0 Å². The number of nitriles is 4. The molecule has 0 amide bonds. The number of hydrogen-bond donors (Lipinski definition) is 0. The topological polar surface area (TPSA) is 95.2 Å². The Morgan fingerprint density at radius 3 is 1.50 bits per heavy atom. The second kappa shape index (κ2) is 6.31. The molecule has 0 radical (unpaired) electrons. The molecule has 2 unspecified atom stereocenters. The predicted octanol–water partition coefficient (Wildman–Crippen LogP) is 4.98. The molecule has 1 saturated carbocycles. The third-order valence-corrected chi connectivity index (χ3v) is 8.19. The average molecular weight is 391 g/mol. The van der Waals surface area contributed by atoms with E-state index in [-0.39, 0.29) is 34.8 Å². The van der Waals surface area contributed by atoms with E-state index in [0.717, 1.165) is 33.7 Å². The molecule has 0 N–H and O–H groups in total. The van der Waals surface area contributed by atoms with E-state index < -0.39 is 0 Å². The number of nitrogens with zero attached hydrogens (tertiary/aromatic N) is 4. The van der Waals surface area contributed by atoms with Crippen LogP contribution in [0.25, 0.3) is 11.1 Å². The second-order valence-corrected chi connectivity index (χ2v) is 9.70. The zero-order chi connectivity index (χ0) is 18.4. The van der Waals surface area contributed by atoms with Gasteiger partial charge in [0.1, 0.15) is 38.6 Å². The first-order valence-electron chi connectivity index (χ1n) is 8.06. The Bertz CT molecular complexity index is 1020. The van der Waals surface area contributed by atoms with Crippen LogP contribution in [0.1, 0.15) is 22.6 Å². The molecule has 4 nitrogen and oxygen atoms in total. The Hall–Kier alpha value is -2.55. The maximum Gasteiger partial charge on any atom is 0.144 e. The van der Waals surface area contributed by atoms with Crippen LogP contribution in [0.5, 0.6) is 0 Å². The number of allylic oxidation sites excluding steroid dienone is 6. The Morgan fingerprint density at radius 2 is 1.19 bits per heavy atom. The van der Waals surface area contributed by atoms with Crippen molar-refractivity contribution in [3.8, 4) is 24.3 Å². The van der Waals surface area contributed by atoms with Gasteiger partial charge in [0.25, 0.3) is 0 Å². The molecule has 1 fully saturated rings. The predicted molar refractivity (Wildman–Crippen MR) is 102 cm³/mol. The molecule has 4 atom stereocenters. The lowest BCUT2D eigenvalue weighted by atomic mass is 9.54. The summed E-state index contributed by atoms with van der Waals surface area (Å²) in [6.45, 7) is 0. The molecule has 2 bridgehead atoms. The largest absolute Gasteiger partial charge is 0.192 e. The van der Waals surface area contributed by atoms with Gasteiger partial charge in [-0.25, -0.2) is 0 Å². The lowest BCUT2D eigenvalue weighted by Crippen LogP contribution is -2.40. The zero-order valence-corrected chi connectivity index (χ0v) is 15.8. The van der Waals surface area contributed by atoms with E-state index in [1.165, 1.54) is 22.7 Å². The molecule has 7 heteroatoms. The molecule has 5 rings (SSSR count). The van der Waals surface area contributed by atoms with Crippen molar-refractivity contribution < 1.29 is 0 Å². The van der Waals surface area contributed by atoms with E-state index in [1.54, 1.807) is 0 Å². The van der Waals surface area contributed by atoms with Crippen LogP contribution < -0.4 is 0 Å². The lowest BCUT2D eigenvalue weighted by Gasteiger charge is -2.49. The maximum atomic E-state index is 9.56. The molecule has 1 heterocycles. The highest BCUT2D eigenvalue weighted by molar-refractivity contribution is 7.76.